The quantitative estimate of drug-likeness (QED) is 0.275. The van der Waals surface area contributed by atoms with Gasteiger partial charge in [-0.15, -0.1) is 0 Å². The minimum absolute atomic E-state index is 0.442. The molecule has 0 spiro atoms. The Hall–Kier alpha value is 0.558. The fraction of sp³-hybridized carbons (Fsp3) is 1.00. The summed E-state index contributed by atoms with van der Waals surface area (Å²) in [7, 11) is -3.78. The molecule has 0 aromatic rings. The molecule has 26 heavy (non-hydrogen) atoms. The summed E-state index contributed by atoms with van der Waals surface area (Å²) in [6.07, 6.45) is 0.818. The van der Waals surface area contributed by atoms with Gasteiger partial charge in [0.05, 0.1) is 0 Å². The van der Waals surface area contributed by atoms with Crippen molar-refractivity contribution in [3.8, 4) is 0 Å². The highest BCUT2D eigenvalue weighted by atomic mass is 28.5. The van der Waals surface area contributed by atoms with Crippen molar-refractivity contribution >= 4 is 34.0 Å². The molecule has 0 rings (SSSR count). The van der Waals surface area contributed by atoms with Crippen molar-refractivity contribution in [2.45, 2.75) is 63.8 Å². The van der Waals surface area contributed by atoms with E-state index in [-0.39, 0.29) is 0 Å². The number of rotatable bonds is 15. The van der Waals surface area contributed by atoms with Crippen LogP contribution in [0.3, 0.4) is 0 Å². The third-order valence-electron chi connectivity index (χ3n) is 4.16. The van der Waals surface area contributed by atoms with E-state index in [2.05, 4.69) is 39.3 Å². The molecule has 0 radical (unpaired) electrons. The summed E-state index contributed by atoms with van der Waals surface area (Å²) in [6, 6.07) is 2.56. The van der Waals surface area contributed by atoms with Gasteiger partial charge in [0.1, 0.15) is 0 Å². The molecule has 0 aliphatic heterocycles. The number of hydrogen-bond donors (Lipinski definition) is 0. The van der Waals surface area contributed by atoms with Gasteiger partial charge in [0.25, 0.3) is 0 Å². The molecule has 0 aromatic heterocycles. The average Bonchev–Trinajstić information content (AvgIpc) is 2.51. The van der Waals surface area contributed by atoms with Crippen molar-refractivity contribution in [3.63, 3.8) is 0 Å². The van der Waals surface area contributed by atoms with E-state index in [1.54, 1.807) is 21.3 Å². The van der Waals surface area contributed by atoms with E-state index in [4.69, 9.17) is 26.2 Å². The van der Waals surface area contributed by atoms with E-state index in [9.17, 15) is 4.39 Å². The Kier molecular flexibility index (Phi) is 11.8. The molecule has 0 fully saturated rings. The first-order valence-corrected chi connectivity index (χ1v) is 20.0. The molecule has 6 nitrogen and oxygen atoms in total. The van der Waals surface area contributed by atoms with Crippen molar-refractivity contribution in [1.82, 2.24) is 0 Å². The number of hydrogen-bond acceptors (Lipinski definition) is 6. The van der Waals surface area contributed by atoms with Crippen molar-refractivity contribution in [2.75, 3.05) is 34.8 Å². The van der Waals surface area contributed by atoms with Crippen LogP contribution >= 0.6 is 0 Å². The molecule has 0 atom stereocenters. The van der Waals surface area contributed by atoms with Gasteiger partial charge < -0.3 is 26.2 Å². The molecular weight excluding hydrogens is 408 g/mol. The molecule has 0 bridgehead atoms. The maximum absolute atomic E-state index is 12.0. The van der Waals surface area contributed by atoms with Crippen LogP contribution in [0.4, 0.5) is 4.39 Å². The van der Waals surface area contributed by atoms with E-state index in [1.165, 1.54) is 0 Å². The van der Waals surface area contributed by atoms with Crippen LogP contribution in [0.25, 0.3) is 0 Å². The monoisotopic (exact) mass is 446 g/mol. The second-order valence-corrected chi connectivity index (χ2v) is 23.6. The first kappa shape index (κ1) is 26.6. The minimum Gasteiger partial charge on any atom is -0.437 e. The predicted molar refractivity (Wildman–Crippen MR) is 112 cm³/mol. The largest absolute Gasteiger partial charge is 0.499 e. The lowest BCUT2D eigenvalue weighted by Crippen LogP contribution is -2.53. The maximum Gasteiger partial charge on any atom is 0.499 e. The van der Waals surface area contributed by atoms with Crippen LogP contribution in [0.1, 0.15) is 6.42 Å². The number of ether oxygens (including phenoxy) is 1. The molecule has 0 amide bonds. The van der Waals surface area contributed by atoms with Gasteiger partial charge in [0.15, 0.2) is 23.5 Å². The zero-order valence-corrected chi connectivity index (χ0v) is 22.1. The molecule has 0 aliphatic carbocycles. The van der Waals surface area contributed by atoms with Crippen molar-refractivity contribution < 1.29 is 30.6 Å². The number of halogens is 1. The lowest BCUT2D eigenvalue weighted by atomic mass is 10.5. The first-order valence-electron chi connectivity index (χ1n) is 9.06. The van der Waals surface area contributed by atoms with Crippen LogP contribution < -0.4 is 0 Å². The Labute approximate surface area is 163 Å². The van der Waals surface area contributed by atoms with E-state index >= 15 is 0 Å². The smallest absolute Gasteiger partial charge is 0.437 e. The predicted octanol–water partition coefficient (Wildman–Crippen LogP) is 4.34. The van der Waals surface area contributed by atoms with Gasteiger partial charge in [-0.25, -0.2) is 4.39 Å². The van der Waals surface area contributed by atoms with Crippen LogP contribution in [-0.2, 0) is 26.2 Å². The number of alkyl halides is 1. The van der Waals surface area contributed by atoms with Gasteiger partial charge >= 0.3 is 17.4 Å². The van der Waals surface area contributed by atoms with Gasteiger partial charge in [-0.2, -0.15) is 0 Å². The average molecular weight is 447 g/mol. The molecule has 0 unspecified atom stereocenters. The molecule has 0 aliphatic rings. The highest BCUT2D eigenvalue weighted by Gasteiger charge is 2.43. The zero-order chi connectivity index (χ0) is 20.5. The Bertz CT molecular complexity index is 386. The van der Waals surface area contributed by atoms with E-state index in [1.807, 2.05) is 0 Å². The van der Waals surface area contributed by atoms with Crippen LogP contribution in [0.15, 0.2) is 0 Å². The lowest BCUT2D eigenvalue weighted by molar-refractivity contribution is 0.0580. The van der Waals surface area contributed by atoms with Gasteiger partial charge in [-0.3, -0.25) is 0 Å². The summed E-state index contributed by atoms with van der Waals surface area (Å²) in [6.45, 7) is 12.7. The minimum atomic E-state index is -2.58. The Morgan fingerprint density at radius 2 is 1.15 bits per heavy atom. The lowest BCUT2D eigenvalue weighted by Gasteiger charge is -2.39. The van der Waals surface area contributed by atoms with E-state index in [0.717, 1.165) is 24.6 Å². The van der Waals surface area contributed by atoms with Crippen molar-refractivity contribution in [2.24, 2.45) is 0 Å². The molecule has 0 saturated carbocycles. The zero-order valence-electron chi connectivity index (χ0n) is 18.1. The molecule has 11 heteroatoms. The molecule has 0 heterocycles. The summed E-state index contributed by atoms with van der Waals surface area (Å²) < 4.78 is 46.5. The Balaban J connectivity index is 4.68. The fourth-order valence-electron chi connectivity index (χ4n) is 3.12. The summed E-state index contributed by atoms with van der Waals surface area (Å²) in [5, 5.41) is 0. The highest BCUT2D eigenvalue weighted by molar-refractivity contribution is 6.88. The molecule has 158 valence electrons. The van der Waals surface area contributed by atoms with Gasteiger partial charge in [-0.05, 0) is 57.8 Å². The van der Waals surface area contributed by atoms with Crippen molar-refractivity contribution in [1.29, 1.82) is 0 Å². The highest BCUT2D eigenvalue weighted by Crippen LogP contribution is 2.28. The summed E-state index contributed by atoms with van der Waals surface area (Å²) in [5.74, 6) is 0. The van der Waals surface area contributed by atoms with E-state index in [0.29, 0.717) is 6.61 Å². The van der Waals surface area contributed by atoms with Gasteiger partial charge in [-0.1, -0.05) is 0 Å². The van der Waals surface area contributed by atoms with Crippen LogP contribution in [0.5, 0.6) is 0 Å². The van der Waals surface area contributed by atoms with Crippen LogP contribution in [0.2, 0.25) is 57.4 Å². The van der Waals surface area contributed by atoms with Crippen molar-refractivity contribution in [3.05, 3.63) is 0 Å². The molecule has 0 aromatic carbocycles. The maximum atomic E-state index is 12.0. The fourth-order valence-corrected chi connectivity index (χ4v) is 20.9. The Morgan fingerprint density at radius 1 is 0.692 bits per heavy atom. The second-order valence-electron chi connectivity index (χ2n) is 8.04. The standard InChI is InChI=1S/C15H39FO6Si4/c1-17-26(18-2,19-3)14-13-24(6,7)22-25(8,9)21-23(4,5)12-10-11-20-15-16/h10-15H2,1-9H3. The normalized spacial score (nSPS) is 14.1. The molecule has 0 N–H and O–H groups in total. The Morgan fingerprint density at radius 3 is 1.58 bits per heavy atom. The molecule has 0 saturated heterocycles. The second kappa shape index (κ2) is 11.5. The summed E-state index contributed by atoms with van der Waals surface area (Å²) in [4.78, 5) is 0. The summed E-state index contributed by atoms with van der Waals surface area (Å²) >= 11 is 0. The topological polar surface area (TPSA) is 55.4 Å². The van der Waals surface area contributed by atoms with Crippen LogP contribution in [-0.4, -0.2) is 68.8 Å². The SMILES string of the molecule is CO[Si](CC[Si](C)(C)O[Si](C)(C)O[Si](C)(C)CCCOCF)(OC)OC. The summed E-state index contributed by atoms with van der Waals surface area (Å²) in [5.41, 5.74) is 0. The molecular formula is C15H39FO6Si4. The van der Waals surface area contributed by atoms with E-state index < -0.39 is 40.9 Å². The van der Waals surface area contributed by atoms with Crippen LogP contribution in [0, 0.1) is 0 Å². The van der Waals surface area contributed by atoms with Gasteiger partial charge in [0.2, 0.25) is 0 Å². The first-order chi connectivity index (χ1) is 11.9. The third kappa shape index (κ3) is 10.8. The van der Waals surface area contributed by atoms with Gasteiger partial charge in [0, 0.05) is 34.0 Å². The third-order valence-corrected chi connectivity index (χ3v) is 18.7.